The van der Waals surface area contributed by atoms with Crippen LogP contribution in [0.3, 0.4) is 0 Å². The maximum absolute atomic E-state index is 12.6. The number of thioether (sulfide) groups is 1. The number of thiocarbonyl (C=S) groups is 1. The summed E-state index contributed by atoms with van der Waals surface area (Å²) < 4.78 is 0.238. The maximum Gasteiger partial charge on any atom is 0.285 e. The number of hydrazine groups is 1. The van der Waals surface area contributed by atoms with Crippen molar-refractivity contribution < 1.29 is 9.59 Å². The van der Waals surface area contributed by atoms with Crippen LogP contribution in [0.2, 0.25) is 0 Å². The third-order valence-corrected chi connectivity index (χ3v) is 5.00. The highest BCUT2D eigenvalue weighted by Crippen LogP contribution is 2.31. The van der Waals surface area contributed by atoms with Crippen LogP contribution in [0.4, 0.5) is 0 Å². The Morgan fingerprint density at radius 3 is 2.67 bits per heavy atom. The normalized spacial score (nSPS) is 15.6. The van der Waals surface area contributed by atoms with Gasteiger partial charge in [-0.25, -0.2) is 4.98 Å². The standard InChI is InChI=1S/C18H11N5O2S2/c24-16(11-5-7-19-8-6-11)22-23-17(25)15(27-18(23)26)9-12-10-20-13-3-1-2-4-14(13)21-12/h1-10H,(H,22,24). The van der Waals surface area contributed by atoms with E-state index in [0.29, 0.717) is 16.2 Å². The average Bonchev–Trinajstić information content (AvgIpc) is 2.96. The van der Waals surface area contributed by atoms with Crippen molar-refractivity contribution in [1.29, 1.82) is 0 Å². The second-order valence-corrected chi connectivity index (χ2v) is 7.15. The summed E-state index contributed by atoms with van der Waals surface area (Å²) in [6.07, 6.45) is 6.19. The molecular weight excluding hydrogens is 382 g/mol. The molecular formula is C18H11N5O2S2. The molecule has 0 spiro atoms. The van der Waals surface area contributed by atoms with E-state index >= 15 is 0 Å². The predicted molar refractivity (Wildman–Crippen MR) is 106 cm³/mol. The van der Waals surface area contributed by atoms with Gasteiger partial charge in [-0.2, -0.15) is 5.01 Å². The third kappa shape index (κ3) is 3.55. The van der Waals surface area contributed by atoms with Gasteiger partial charge in [-0.3, -0.25) is 25.0 Å². The number of aromatic nitrogens is 3. The number of carbonyl (C=O) groups excluding carboxylic acids is 2. The topological polar surface area (TPSA) is 88.1 Å². The van der Waals surface area contributed by atoms with E-state index in [1.54, 1.807) is 24.4 Å². The molecule has 2 aromatic heterocycles. The summed E-state index contributed by atoms with van der Waals surface area (Å²) in [7, 11) is 0. The minimum atomic E-state index is -0.444. The molecule has 27 heavy (non-hydrogen) atoms. The quantitative estimate of drug-likeness (QED) is 0.540. The van der Waals surface area contributed by atoms with Crippen LogP contribution in [0.15, 0.2) is 59.9 Å². The van der Waals surface area contributed by atoms with E-state index in [4.69, 9.17) is 12.2 Å². The third-order valence-electron chi connectivity index (χ3n) is 3.70. The first-order valence-electron chi connectivity index (χ1n) is 7.82. The molecule has 3 heterocycles. The Bertz CT molecular complexity index is 1100. The predicted octanol–water partition coefficient (Wildman–Crippen LogP) is 2.57. The van der Waals surface area contributed by atoms with Crippen LogP contribution in [-0.2, 0) is 4.79 Å². The Morgan fingerprint density at radius 1 is 1.15 bits per heavy atom. The number of carbonyl (C=O) groups is 2. The van der Waals surface area contributed by atoms with Crippen LogP contribution < -0.4 is 5.43 Å². The van der Waals surface area contributed by atoms with Gasteiger partial charge in [-0.15, -0.1) is 0 Å². The summed E-state index contributed by atoms with van der Waals surface area (Å²) in [5.41, 5.74) is 4.93. The first kappa shape index (κ1) is 17.3. The van der Waals surface area contributed by atoms with Crippen LogP contribution in [0.5, 0.6) is 0 Å². The van der Waals surface area contributed by atoms with E-state index in [0.717, 1.165) is 27.8 Å². The first-order valence-corrected chi connectivity index (χ1v) is 9.05. The Kier molecular flexibility index (Phi) is 4.61. The molecule has 1 N–H and O–H groups in total. The number of nitrogens with zero attached hydrogens (tertiary/aromatic N) is 4. The molecule has 0 atom stereocenters. The molecule has 1 saturated heterocycles. The fraction of sp³-hybridized carbons (Fsp3) is 0. The van der Waals surface area contributed by atoms with E-state index < -0.39 is 11.8 Å². The number of para-hydroxylation sites is 2. The number of nitrogens with one attached hydrogen (secondary N) is 1. The molecule has 1 fully saturated rings. The summed E-state index contributed by atoms with van der Waals surface area (Å²) in [5.74, 6) is -0.859. The largest absolute Gasteiger partial charge is 0.285 e. The SMILES string of the molecule is O=C(NN1C(=O)C(=Cc2cnc3ccccc3n2)SC1=S)c1ccncc1. The van der Waals surface area contributed by atoms with Crippen molar-refractivity contribution in [3.8, 4) is 0 Å². The lowest BCUT2D eigenvalue weighted by Gasteiger charge is -2.15. The van der Waals surface area contributed by atoms with Crippen LogP contribution in [0, 0.1) is 0 Å². The fourth-order valence-corrected chi connectivity index (χ4v) is 3.57. The van der Waals surface area contributed by atoms with Crippen molar-refractivity contribution in [2.24, 2.45) is 0 Å². The average molecular weight is 393 g/mol. The lowest BCUT2D eigenvalue weighted by atomic mass is 10.2. The highest BCUT2D eigenvalue weighted by molar-refractivity contribution is 8.26. The molecule has 3 aromatic rings. The molecule has 9 heteroatoms. The summed E-state index contributed by atoms with van der Waals surface area (Å²) in [6, 6.07) is 10.6. The Morgan fingerprint density at radius 2 is 1.89 bits per heavy atom. The molecule has 7 nitrogen and oxygen atoms in total. The van der Waals surface area contributed by atoms with Gasteiger partial charge in [0.25, 0.3) is 11.8 Å². The number of pyridine rings is 1. The molecule has 0 aliphatic carbocycles. The number of rotatable bonds is 3. The molecule has 4 rings (SSSR count). The molecule has 132 valence electrons. The Hall–Kier alpha value is -3.17. The molecule has 1 aliphatic rings. The van der Waals surface area contributed by atoms with E-state index in [2.05, 4.69) is 20.4 Å². The minimum absolute atomic E-state index is 0.238. The maximum atomic E-state index is 12.6. The molecule has 2 amide bonds. The van der Waals surface area contributed by atoms with Crippen molar-refractivity contribution in [2.45, 2.75) is 0 Å². The van der Waals surface area contributed by atoms with Gasteiger partial charge >= 0.3 is 0 Å². The van der Waals surface area contributed by atoms with Crippen molar-refractivity contribution in [1.82, 2.24) is 25.4 Å². The number of fused-ring (bicyclic) bond motifs is 1. The van der Waals surface area contributed by atoms with Gasteiger partial charge in [0, 0.05) is 18.0 Å². The van der Waals surface area contributed by atoms with Crippen LogP contribution in [-0.4, -0.2) is 36.1 Å². The van der Waals surface area contributed by atoms with Crippen molar-refractivity contribution in [3.63, 3.8) is 0 Å². The molecule has 0 unspecified atom stereocenters. The van der Waals surface area contributed by atoms with Gasteiger partial charge in [0.15, 0.2) is 4.32 Å². The number of hydrogen-bond acceptors (Lipinski definition) is 7. The minimum Gasteiger partial charge on any atom is -0.267 e. The summed E-state index contributed by atoms with van der Waals surface area (Å²) in [4.78, 5) is 37.9. The molecule has 0 saturated carbocycles. The van der Waals surface area contributed by atoms with Gasteiger partial charge in [0.05, 0.1) is 27.8 Å². The zero-order valence-corrected chi connectivity index (χ0v) is 15.3. The van der Waals surface area contributed by atoms with E-state index in [1.165, 1.54) is 12.4 Å². The van der Waals surface area contributed by atoms with Crippen molar-refractivity contribution in [2.75, 3.05) is 0 Å². The monoisotopic (exact) mass is 393 g/mol. The molecule has 0 bridgehead atoms. The van der Waals surface area contributed by atoms with Crippen LogP contribution in [0.25, 0.3) is 17.1 Å². The molecule has 0 radical (unpaired) electrons. The first-order chi connectivity index (χ1) is 13.1. The van der Waals surface area contributed by atoms with E-state index in [1.807, 2.05) is 24.3 Å². The van der Waals surface area contributed by atoms with Crippen molar-refractivity contribution >= 4 is 57.2 Å². The van der Waals surface area contributed by atoms with Crippen LogP contribution in [0.1, 0.15) is 16.1 Å². The molecule has 1 aromatic carbocycles. The van der Waals surface area contributed by atoms with Crippen LogP contribution >= 0.6 is 24.0 Å². The lowest BCUT2D eigenvalue weighted by molar-refractivity contribution is -0.123. The van der Waals surface area contributed by atoms with Gasteiger partial charge in [-0.05, 0) is 42.6 Å². The second-order valence-electron chi connectivity index (χ2n) is 5.48. The number of amides is 2. The van der Waals surface area contributed by atoms with Gasteiger partial charge in [-0.1, -0.05) is 23.9 Å². The Labute approximate surface area is 163 Å². The highest BCUT2D eigenvalue weighted by Gasteiger charge is 2.33. The van der Waals surface area contributed by atoms with E-state index in [-0.39, 0.29) is 4.32 Å². The number of hydrogen-bond donors (Lipinski definition) is 1. The summed E-state index contributed by atoms with van der Waals surface area (Å²) in [6.45, 7) is 0. The van der Waals surface area contributed by atoms with Gasteiger partial charge in [0.2, 0.25) is 0 Å². The Balaban J connectivity index is 1.56. The van der Waals surface area contributed by atoms with E-state index in [9.17, 15) is 9.59 Å². The van der Waals surface area contributed by atoms with Gasteiger partial charge < -0.3 is 0 Å². The summed E-state index contributed by atoms with van der Waals surface area (Å²) >= 11 is 6.31. The highest BCUT2D eigenvalue weighted by atomic mass is 32.2. The second kappa shape index (κ2) is 7.22. The lowest BCUT2D eigenvalue weighted by Crippen LogP contribution is -2.44. The summed E-state index contributed by atoms with van der Waals surface area (Å²) in [5, 5.41) is 1.06. The van der Waals surface area contributed by atoms with Gasteiger partial charge in [0.1, 0.15) is 0 Å². The number of benzene rings is 1. The molecule has 1 aliphatic heterocycles. The zero-order valence-electron chi connectivity index (χ0n) is 13.7. The van der Waals surface area contributed by atoms with Crippen molar-refractivity contribution in [3.05, 3.63) is 71.2 Å². The zero-order chi connectivity index (χ0) is 18.8. The fourth-order valence-electron chi connectivity index (χ4n) is 2.41. The smallest absolute Gasteiger partial charge is 0.267 e.